The van der Waals surface area contributed by atoms with Crippen LogP contribution in [0.5, 0.6) is 5.88 Å². The average molecular weight is 330 g/mol. The third-order valence-electron chi connectivity index (χ3n) is 1.94. The lowest BCUT2D eigenvalue weighted by Gasteiger charge is -2.07. The number of anilines is 1. The van der Waals surface area contributed by atoms with Crippen molar-refractivity contribution in [2.45, 2.75) is 6.92 Å². The van der Waals surface area contributed by atoms with E-state index in [1.807, 2.05) is 13.1 Å². The van der Waals surface area contributed by atoms with E-state index in [-0.39, 0.29) is 0 Å². The fraction of sp³-hybridized carbons (Fsp3) is 0.200. The predicted molar refractivity (Wildman–Crippen MR) is 69.7 cm³/mol. The van der Waals surface area contributed by atoms with Crippen LogP contribution in [0.2, 0.25) is 0 Å². The summed E-state index contributed by atoms with van der Waals surface area (Å²) in [5.41, 5.74) is 6.27. The van der Waals surface area contributed by atoms with Crippen molar-refractivity contribution in [2.75, 3.05) is 12.3 Å². The van der Waals surface area contributed by atoms with E-state index in [9.17, 15) is 0 Å². The first-order valence-corrected chi connectivity index (χ1v) is 5.88. The summed E-state index contributed by atoms with van der Waals surface area (Å²) in [4.78, 5) is 4.30. The first-order valence-electron chi connectivity index (χ1n) is 4.80. The molecule has 0 bridgehead atoms. The lowest BCUT2D eigenvalue weighted by Crippen LogP contribution is -2.04. The van der Waals surface area contributed by atoms with E-state index in [0.29, 0.717) is 24.0 Å². The van der Waals surface area contributed by atoms with Crippen molar-refractivity contribution in [3.8, 4) is 11.7 Å². The van der Waals surface area contributed by atoms with Crippen LogP contribution in [-0.4, -0.2) is 21.4 Å². The van der Waals surface area contributed by atoms with E-state index in [4.69, 9.17) is 10.5 Å². The van der Waals surface area contributed by atoms with Crippen molar-refractivity contribution in [1.82, 2.24) is 14.8 Å². The van der Waals surface area contributed by atoms with Gasteiger partial charge in [-0.3, -0.25) is 0 Å². The van der Waals surface area contributed by atoms with Crippen molar-refractivity contribution in [2.24, 2.45) is 0 Å². The molecule has 0 spiro atoms. The zero-order valence-corrected chi connectivity index (χ0v) is 10.9. The Morgan fingerprint density at radius 2 is 2.31 bits per heavy atom. The third-order valence-corrected chi connectivity index (χ3v) is 2.50. The van der Waals surface area contributed by atoms with Crippen LogP contribution in [0.15, 0.2) is 24.5 Å². The van der Waals surface area contributed by atoms with Gasteiger partial charge in [0.1, 0.15) is 0 Å². The zero-order chi connectivity index (χ0) is 11.5. The average Bonchev–Trinajstić information content (AvgIpc) is 2.69. The lowest BCUT2D eigenvalue weighted by atomic mass is 10.4. The number of aromatic nitrogens is 3. The lowest BCUT2D eigenvalue weighted by molar-refractivity contribution is 0.328. The molecule has 0 radical (unpaired) electrons. The zero-order valence-electron chi connectivity index (χ0n) is 8.72. The minimum absolute atomic E-state index is 0.450. The molecular formula is C10H11IN4O. The Balaban J connectivity index is 2.39. The fourth-order valence-corrected chi connectivity index (χ4v) is 1.64. The maximum Gasteiger partial charge on any atom is 0.239 e. The largest absolute Gasteiger partial charge is 0.476 e. The number of nitrogen functional groups attached to an aromatic ring is 1. The number of nitrogens with zero attached hydrogens (tertiary/aromatic N) is 3. The minimum Gasteiger partial charge on any atom is -0.476 e. The van der Waals surface area contributed by atoms with Crippen molar-refractivity contribution >= 4 is 28.3 Å². The van der Waals surface area contributed by atoms with Crippen LogP contribution in [0.3, 0.4) is 0 Å². The molecule has 16 heavy (non-hydrogen) atoms. The van der Waals surface area contributed by atoms with Crippen molar-refractivity contribution in [3.05, 3.63) is 28.1 Å². The second-order valence-corrected chi connectivity index (χ2v) is 4.35. The van der Waals surface area contributed by atoms with E-state index in [1.165, 1.54) is 0 Å². The molecule has 0 aliphatic rings. The van der Waals surface area contributed by atoms with Gasteiger partial charge in [0.15, 0.2) is 5.82 Å². The smallest absolute Gasteiger partial charge is 0.239 e. The molecule has 0 unspecified atom stereocenters. The quantitative estimate of drug-likeness (QED) is 0.873. The number of halogens is 1. The molecule has 5 nitrogen and oxygen atoms in total. The predicted octanol–water partition coefficient (Wildman–Crippen LogP) is 1.85. The number of ether oxygens (including phenoxy) is 1. The molecule has 2 aromatic heterocycles. The third kappa shape index (κ3) is 2.26. The SMILES string of the molecule is CCOc1nc(-n2cc(I)cn2)ccc1N. The van der Waals surface area contributed by atoms with E-state index in [2.05, 4.69) is 32.7 Å². The van der Waals surface area contributed by atoms with Gasteiger partial charge in [-0.25, -0.2) is 4.68 Å². The summed E-state index contributed by atoms with van der Waals surface area (Å²) >= 11 is 2.19. The number of pyridine rings is 1. The molecule has 0 aliphatic carbocycles. The van der Waals surface area contributed by atoms with Crippen LogP contribution >= 0.6 is 22.6 Å². The summed E-state index contributed by atoms with van der Waals surface area (Å²) in [7, 11) is 0. The molecule has 0 saturated heterocycles. The van der Waals surface area contributed by atoms with Crippen LogP contribution < -0.4 is 10.5 Å². The summed E-state index contributed by atoms with van der Waals surface area (Å²) in [6.45, 7) is 2.43. The van der Waals surface area contributed by atoms with Gasteiger partial charge in [0, 0.05) is 6.20 Å². The van der Waals surface area contributed by atoms with Gasteiger partial charge in [-0.15, -0.1) is 0 Å². The van der Waals surface area contributed by atoms with Gasteiger partial charge in [0.2, 0.25) is 5.88 Å². The summed E-state index contributed by atoms with van der Waals surface area (Å²) in [5.74, 6) is 1.14. The molecule has 2 aromatic rings. The molecule has 6 heteroatoms. The Kier molecular flexibility index (Phi) is 3.28. The first-order chi connectivity index (χ1) is 7.70. The highest BCUT2D eigenvalue weighted by atomic mass is 127. The number of hydrogen-bond donors (Lipinski definition) is 1. The molecule has 0 amide bonds. The summed E-state index contributed by atoms with van der Waals surface area (Å²) in [5, 5.41) is 4.17. The van der Waals surface area contributed by atoms with Crippen molar-refractivity contribution < 1.29 is 4.74 Å². The van der Waals surface area contributed by atoms with Gasteiger partial charge in [-0.1, -0.05) is 0 Å². The highest BCUT2D eigenvalue weighted by Crippen LogP contribution is 2.20. The molecule has 0 aromatic carbocycles. The Hall–Kier alpha value is -1.31. The van der Waals surface area contributed by atoms with Gasteiger partial charge in [-0.2, -0.15) is 10.1 Å². The highest BCUT2D eigenvalue weighted by Gasteiger charge is 2.06. The van der Waals surface area contributed by atoms with Crippen molar-refractivity contribution in [1.29, 1.82) is 0 Å². The van der Waals surface area contributed by atoms with Crippen LogP contribution in [-0.2, 0) is 0 Å². The maximum atomic E-state index is 5.74. The monoisotopic (exact) mass is 330 g/mol. The second kappa shape index (κ2) is 4.69. The van der Waals surface area contributed by atoms with Crippen LogP contribution in [0, 0.1) is 3.57 Å². The second-order valence-electron chi connectivity index (χ2n) is 3.10. The van der Waals surface area contributed by atoms with Gasteiger partial charge in [0.25, 0.3) is 0 Å². The summed E-state index contributed by atoms with van der Waals surface area (Å²) in [6, 6.07) is 3.57. The first kappa shape index (κ1) is 11.2. The molecule has 0 atom stereocenters. The number of hydrogen-bond acceptors (Lipinski definition) is 4. The molecule has 84 valence electrons. The van der Waals surface area contributed by atoms with Gasteiger partial charge in [0.05, 0.1) is 22.1 Å². The van der Waals surface area contributed by atoms with Gasteiger partial charge >= 0.3 is 0 Å². The van der Waals surface area contributed by atoms with Gasteiger partial charge < -0.3 is 10.5 Å². The summed E-state index contributed by atoms with van der Waals surface area (Å²) in [6.07, 6.45) is 3.65. The molecule has 2 N–H and O–H groups in total. The molecule has 0 saturated carbocycles. The van der Waals surface area contributed by atoms with E-state index in [1.54, 1.807) is 23.0 Å². The molecule has 2 rings (SSSR count). The number of nitrogens with two attached hydrogens (primary N) is 1. The Morgan fingerprint density at radius 3 is 2.94 bits per heavy atom. The van der Waals surface area contributed by atoms with E-state index < -0.39 is 0 Å². The Bertz CT molecular complexity index is 497. The fourth-order valence-electron chi connectivity index (χ4n) is 1.25. The van der Waals surface area contributed by atoms with Crippen LogP contribution in [0.25, 0.3) is 5.82 Å². The number of rotatable bonds is 3. The normalized spacial score (nSPS) is 10.4. The van der Waals surface area contributed by atoms with E-state index >= 15 is 0 Å². The topological polar surface area (TPSA) is 66.0 Å². The van der Waals surface area contributed by atoms with Crippen LogP contribution in [0.4, 0.5) is 5.69 Å². The van der Waals surface area contributed by atoms with Crippen molar-refractivity contribution in [3.63, 3.8) is 0 Å². The molecule has 0 fully saturated rings. The molecular weight excluding hydrogens is 319 g/mol. The Labute approximate surface area is 107 Å². The Morgan fingerprint density at radius 1 is 1.50 bits per heavy atom. The summed E-state index contributed by atoms with van der Waals surface area (Å²) < 4.78 is 8.06. The highest BCUT2D eigenvalue weighted by molar-refractivity contribution is 14.1. The molecule has 0 aliphatic heterocycles. The van der Waals surface area contributed by atoms with Gasteiger partial charge in [-0.05, 0) is 41.6 Å². The van der Waals surface area contributed by atoms with E-state index in [0.717, 1.165) is 3.57 Å². The molecule has 2 heterocycles. The van der Waals surface area contributed by atoms with Crippen LogP contribution in [0.1, 0.15) is 6.92 Å². The maximum absolute atomic E-state index is 5.74. The minimum atomic E-state index is 0.450. The standard InChI is InChI=1S/C10H11IN4O/c1-2-16-10-8(12)3-4-9(14-10)15-6-7(11)5-13-15/h3-6H,2,12H2,1H3.